The molecule has 1 aromatic heterocycles. The van der Waals surface area contributed by atoms with Gasteiger partial charge in [0.15, 0.2) is 5.76 Å². The van der Waals surface area contributed by atoms with Crippen LogP contribution in [0, 0.1) is 0 Å². The Balaban J connectivity index is 1.64. The van der Waals surface area contributed by atoms with E-state index >= 15 is 0 Å². The molecule has 1 heterocycles. The Morgan fingerprint density at radius 3 is 2.40 bits per heavy atom. The van der Waals surface area contributed by atoms with Gasteiger partial charge in [-0.2, -0.15) is 0 Å². The van der Waals surface area contributed by atoms with Gasteiger partial charge in [-0.15, -0.1) is 0 Å². The normalized spacial score (nSPS) is 11.3. The van der Waals surface area contributed by atoms with Crippen molar-refractivity contribution in [3.05, 3.63) is 66.4 Å². The van der Waals surface area contributed by atoms with Gasteiger partial charge in [0.25, 0.3) is 0 Å². The average Bonchev–Trinajstić information content (AvgIpc) is 3.09. The first-order valence-electron chi connectivity index (χ1n) is 7.61. The number of hydrogen-bond donors (Lipinski definition) is 0. The Hall–Kier alpha value is -2.80. The van der Waals surface area contributed by atoms with Crippen LogP contribution in [0.1, 0.15) is 5.69 Å². The molecule has 7 heteroatoms. The lowest BCUT2D eigenvalue weighted by molar-refractivity contribution is 0.290. The quantitative estimate of drug-likeness (QED) is 0.676. The molecule has 6 nitrogen and oxygen atoms in total. The minimum Gasteiger partial charge on any atom is -0.487 e. The van der Waals surface area contributed by atoms with E-state index in [4.69, 9.17) is 9.26 Å². The maximum atomic E-state index is 11.5. The van der Waals surface area contributed by atoms with E-state index in [-0.39, 0.29) is 6.61 Å². The van der Waals surface area contributed by atoms with Gasteiger partial charge in [0, 0.05) is 18.7 Å². The van der Waals surface area contributed by atoms with Gasteiger partial charge in [-0.05, 0) is 24.3 Å². The zero-order chi connectivity index (χ0) is 17.9. The molecule has 130 valence electrons. The number of rotatable bonds is 6. The molecule has 0 N–H and O–H groups in total. The van der Waals surface area contributed by atoms with Crippen molar-refractivity contribution in [2.45, 2.75) is 6.61 Å². The molecule has 0 radical (unpaired) electrons. The Morgan fingerprint density at radius 1 is 1.08 bits per heavy atom. The van der Waals surface area contributed by atoms with E-state index in [0.717, 1.165) is 11.8 Å². The highest BCUT2D eigenvalue weighted by atomic mass is 32.2. The standard InChI is InChI=1S/C18H18N2O4S/c1-20(25(2,21)22)16-8-10-17(11-9-16)23-13-15-12-18(24-19-15)14-6-4-3-5-7-14/h3-12H,13H2,1-2H3. The van der Waals surface area contributed by atoms with Crippen molar-refractivity contribution in [2.24, 2.45) is 0 Å². The lowest BCUT2D eigenvalue weighted by Gasteiger charge is -2.16. The highest BCUT2D eigenvalue weighted by Gasteiger charge is 2.12. The van der Waals surface area contributed by atoms with Gasteiger partial charge >= 0.3 is 0 Å². The maximum Gasteiger partial charge on any atom is 0.231 e. The number of aromatic nitrogens is 1. The molecule has 25 heavy (non-hydrogen) atoms. The summed E-state index contributed by atoms with van der Waals surface area (Å²) in [7, 11) is -1.77. The van der Waals surface area contributed by atoms with Gasteiger partial charge in [-0.25, -0.2) is 8.42 Å². The molecule has 0 fully saturated rings. The second kappa shape index (κ2) is 6.98. The molecule has 0 atom stereocenters. The first-order chi connectivity index (χ1) is 11.9. The zero-order valence-electron chi connectivity index (χ0n) is 13.9. The van der Waals surface area contributed by atoms with Crippen molar-refractivity contribution in [2.75, 3.05) is 17.6 Å². The largest absolute Gasteiger partial charge is 0.487 e. The molecule has 0 amide bonds. The van der Waals surface area contributed by atoms with E-state index in [1.54, 1.807) is 24.3 Å². The summed E-state index contributed by atoms with van der Waals surface area (Å²) in [6.45, 7) is 0.262. The lowest BCUT2D eigenvalue weighted by atomic mass is 10.2. The summed E-state index contributed by atoms with van der Waals surface area (Å²) in [5.74, 6) is 1.30. The summed E-state index contributed by atoms with van der Waals surface area (Å²) in [4.78, 5) is 0. The van der Waals surface area contributed by atoms with Crippen LogP contribution in [-0.2, 0) is 16.6 Å². The highest BCUT2D eigenvalue weighted by Crippen LogP contribution is 2.23. The fourth-order valence-corrected chi connectivity index (χ4v) is 2.72. The van der Waals surface area contributed by atoms with Gasteiger partial charge in [-0.3, -0.25) is 4.31 Å². The zero-order valence-corrected chi connectivity index (χ0v) is 14.7. The number of benzene rings is 2. The maximum absolute atomic E-state index is 11.5. The third-order valence-corrected chi connectivity index (χ3v) is 4.91. The number of anilines is 1. The molecule has 0 saturated heterocycles. The molecular formula is C18H18N2O4S. The fourth-order valence-electron chi connectivity index (χ4n) is 2.22. The summed E-state index contributed by atoms with van der Waals surface area (Å²) in [6.07, 6.45) is 1.16. The van der Waals surface area contributed by atoms with Crippen LogP contribution >= 0.6 is 0 Å². The summed E-state index contributed by atoms with van der Waals surface area (Å²) < 4.78 is 35.2. The molecule has 0 spiro atoms. The van der Waals surface area contributed by atoms with E-state index < -0.39 is 10.0 Å². The fraction of sp³-hybridized carbons (Fsp3) is 0.167. The topological polar surface area (TPSA) is 72.6 Å². The molecule has 2 aromatic carbocycles. The van der Waals surface area contributed by atoms with Gasteiger partial charge in [-0.1, -0.05) is 35.5 Å². The van der Waals surface area contributed by atoms with Crippen molar-refractivity contribution in [3.8, 4) is 17.1 Å². The third kappa shape index (κ3) is 4.19. The molecule has 3 aromatic rings. The van der Waals surface area contributed by atoms with Crippen LogP contribution in [-0.4, -0.2) is 26.9 Å². The average molecular weight is 358 g/mol. The van der Waals surface area contributed by atoms with Crippen molar-refractivity contribution in [1.29, 1.82) is 0 Å². The minimum atomic E-state index is -3.28. The molecular weight excluding hydrogens is 340 g/mol. The SMILES string of the molecule is CN(c1ccc(OCc2cc(-c3ccccc3)on2)cc1)S(C)(=O)=O. The van der Waals surface area contributed by atoms with E-state index in [0.29, 0.717) is 22.9 Å². The van der Waals surface area contributed by atoms with Crippen LogP contribution in [0.2, 0.25) is 0 Å². The molecule has 0 saturated carbocycles. The predicted octanol–water partition coefficient (Wildman–Crippen LogP) is 3.32. The second-order valence-electron chi connectivity index (χ2n) is 5.56. The summed E-state index contributed by atoms with van der Waals surface area (Å²) in [6, 6.07) is 18.3. The van der Waals surface area contributed by atoms with Crippen LogP contribution in [0.5, 0.6) is 5.75 Å². The van der Waals surface area contributed by atoms with Crippen molar-refractivity contribution in [1.82, 2.24) is 5.16 Å². The monoisotopic (exact) mass is 358 g/mol. The smallest absolute Gasteiger partial charge is 0.231 e. The van der Waals surface area contributed by atoms with Crippen LogP contribution in [0.25, 0.3) is 11.3 Å². The molecule has 0 bridgehead atoms. The van der Waals surface area contributed by atoms with E-state index in [2.05, 4.69) is 5.16 Å². The van der Waals surface area contributed by atoms with E-state index in [1.807, 2.05) is 36.4 Å². The summed E-state index contributed by atoms with van der Waals surface area (Å²) >= 11 is 0. The van der Waals surface area contributed by atoms with Crippen molar-refractivity contribution < 1.29 is 17.7 Å². The van der Waals surface area contributed by atoms with Gasteiger partial charge in [0.05, 0.1) is 11.9 Å². The van der Waals surface area contributed by atoms with Crippen LogP contribution in [0.4, 0.5) is 5.69 Å². The minimum absolute atomic E-state index is 0.262. The molecule has 0 aliphatic heterocycles. The predicted molar refractivity (Wildman–Crippen MR) is 96.0 cm³/mol. The Morgan fingerprint density at radius 2 is 1.76 bits per heavy atom. The van der Waals surface area contributed by atoms with Crippen molar-refractivity contribution >= 4 is 15.7 Å². The van der Waals surface area contributed by atoms with E-state index in [1.165, 1.54) is 11.4 Å². The first-order valence-corrected chi connectivity index (χ1v) is 9.46. The molecule has 0 aliphatic carbocycles. The van der Waals surface area contributed by atoms with Gasteiger partial charge < -0.3 is 9.26 Å². The summed E-state index contributed by atoms with van der Waals surface area (Å²) in [5.41, 5.74) is 2.20. The number of nitrogens with zero attached hydrogens (tertiary/aromatic N) is 2. The number of hydrogen-bond acceptors (Lipinski definition) is 5. The van der Waals surface area contributed by atoms with Crippen LogP contribution < -0.4 is 9.04 Å². The molecule has 3 rings (SSSR count). The van der Waals surface area contributed by atoms with Crippen LogP contribution in [0.3, 0.4) is 0 Å². The van der Waals surface area contributed by atoms with Crippen LogP contribution in [0.15, 0.2) is 65.2 Å². The second-order valence-corrected chi connectivity index (χ2v) is 7.58. The summed E-state index contributed by atoms with van der Waals surface area (Å²) in [5, 5.41) is 4.00. The van der Waals surface area contributed by atoms with Crippen molar-refractivity contribution in [3.63, 3.8) is 0 Å². The number of ether oxygens (including phenoxy) is 1. The molecule has 0 aliphatic rings. The first kappa shape index (κ1) is 17.0. The van der Waals surface area contributed by atoms with Gasteiger partial charge in [0.2, 0.25) is 10.0 Å². The third-order valence-electron chi connectivity index (χ3n) is 3.70. The highest BCUT2D eigenvalue weighted by molar-refractivity contribution is 7.92. The Bertz CT molecular complexity index is 935. The van der Waals surface area contributed by atoms with E-state index in [9.17, 15) is 8.42 Å². The van der Waals surface area contributed by atoms with Gasteiger partial charge in [0.1, 0.15) is 18.1 Å². The number of sulfonamides is 1. The Labute approximate surface area is 146 Å². The Kier molecular flexibility index (Phi) is 4.76. The molecule has 0 unspecified atom stereocenters. The lowest BCUT2D eigenvalue weighted by Crippen LogP contribution is -2.24.